The van der Waals surface area contributed by atoms with E-state index in [2.05, 4.69) is 21.2 Å². The number of rotatable bonds is 4. The van der Waals surface area contributed by atoms with Crippen molar-refractivity contribution in [2.75, 3.05) is 19.6 Å². The summed E-state index contributed by atoms with van der Waals surface area (Å²) in [6.45, 7) is 3.08. The maximum atomic E-state index is 11.9. The van der Waals surface area contributed by atoms with Gasteiger partial charge in [0.1, 0.15) is 0 Å². The fourth-order valence-electron chi connectivity index (χ4n) is 1.99. The number of halogens is 1. The molecule has 1 saturated heterocycles. The second-order valence-corrected chi connectivity index (χ2v) is 6.09. The maximum absolute atomic E-state index is 11.9. The van der Waals surface area contributed by atoms with Gasteiger partial charge in [0, 0.05) is 29.0 Å². The van der Waals surface area contributed by atoms with Crippen LogP contribution in [0.25, 0.3) is 0 Å². The molecule has 3 nitrogen and oxygen atoms in total. The lowest BCUT2D eigenvalue weighted by Crippen LogP contribution is -2.40. The van der Waals surface area contributed by atoms with Gasteiger partial charge in [0.05, 0.1) is 6.54 Å². The summed E-state index contributed by atoms with van der Waals surface area (Å²) >= 11 is 5.19. The highest BCUT2D eigenvalue weighted by molar-refractivity contribution is 9.10. The number of amides is 1. The second kappa shape index (κ2) is 6.52. The molecule has 17 heavy (non-hydrogen) atoms. The van der Waals surface area contributed by atoms with E-state index in [1.54, 1.807) is 11.3 Å². The summed E-state index contributed by atoms with van der Waals surface area (Å²) in [5.74, 6) is 0.234. The summed E-state index contributed by atoms with van der Waals surface area (Å²) in [4.78, 5) is 15.1. The molecule has 0 radical (unpaired) electrons. The quantitative estimate of drug-likeness (QED) is 0.926. The first-order valence-electron chi connectivity index (χ1n) is 5.98. The molecule has 5 heteroatoms. The predicted octanol–water partition coefficient (Wildman–Crippen LogP) is 2.61. The molecular formula is C12H17BrN2OS. The predicted molar refractivity (Wildman–Crippen MR) is 74.2 cm³/mol. The number of nitrogens with zero attached hydrogens (tertiary/aromatic N) is 1. The number of nitrogens with one attached hydrogen (secondary N) is 1. The van der Waals surface area contributed by atoms with Crippen LogP contribution in [0.4, 0.5) is 0 Å². The minimum atomic E-state index is 0.234. The molecule has 1 fully saturated rings. The van der Waals surface area contributed by atoms with Crippen molar-refractivity contribution in [2.24, 2.45) is 0 Å². The third-order valence-corrected chi connectivity index (χ3v) is 4.89. The van der Waals surface area contributed by atoms with E-state index in [1.807, 2.05) is 16.3 Å². The van der Waals surface area contributed by atoms with Gasteiger partial charge in [-0.05, 0) is 46.6 Å². The van der Waals surface area contributed by atoms with Crippen molar-refractivity contribution in [2.45, 2.75) is 25.8 Å². The molecule has 0 unspecified atom stereocenters. The summed E-state index contributed by atoms with van der Waals surface area (Å²) in [5.41, 5.74) is 0. The van der Waals surface area contributed by atoms with Crippen LogP contribution in [0.2, 0.25) is 0 Å². The third-order valence-electron chi connectivity index (χ3n) is 2.96. The van der Waals surface area contributed by atoms with Crippen LogP contribution in [0.5, 0.6) is 0 Å². The smallest absolute Gasteiger partial charge is 0.236 e. The van der Waals surface area contributed by atoms with Crippen LogP contribution in [0, 0.1) is 0 Å². The highest BCUT2D eigenvalue weighted by Gasteiger charge is 2.15. The zero-order chi connectivity index (χ0) is 12.1. The number of carbonyl (C=O) groups is 1. The molecule has 2 rings (SSSR count). The molecule has 1 aliphatic rings. The van der Waals surface area contributed by atoms with Crippen LogP contribution in [0.15, 0.2) is 15.9 Å². The number of carbonyl (C=O) groups excluding carboxylic acids is 1. The van der Waals surface area contributed by atoms with Crippen molar-refractivity contribution >= 4 is 33.2 Å². The Morgan fingerprint density at radius 1 is 1.41 bits per heavy atom. The van der Waals surface area contributed by atoms with Gasteiger partial charge >= 0.3 is 0 Å². The maximum Gasteiger partial charge on any atom is 0.236 e. The normalized spacial score (nSPS) is 16.2. The zero-order valence-electron chi connectivity index (χ0n) is 9.75. The fraction of sp³-hybridized carbons (Fsp3) is 0.583. The largest absolute Gasteiger partial charge is 0.342 e. The fourth-order valence-corrected chi connectivity index (χ4v) is 3.45. The monoisotopic (exact) mass is 316 g/mol. The van der Waals surface area contributed by atoms with Crippen molar-refractivity contribution in [3.8, 4) is 0 Å². The SMILES string of the molecule is O=C(CNCc1sccc1Br)N1CCCCC1. The Bertz CT molecular complexity index is 374. The van der Waals surface area contributed by atoms with E-state index >= 15 is 0 Å². The third kappa shape index (κ3) is 3.79. The first-order chi connectivity index (χ1) is 8.27. The van der Waals surface area contributed by atoms with Gasteiger partial charge in [-0.1, -0.05) is 0 Å². The van der Waals surface area contributed by atoms with Crippen molar-refractivity contribution in [3.63, 3.8) is 0 Å². The molecular weight excluding hydrogens is 300 g/mol. The van der Waals surface area contributed by atoms with Gasteiger partial charge in [0.25, 0.3) is 0 Å². The first-order valence-corrected chi connectivity index (χ1v) is 7.65. The lowest BCUT2D eigenvalue weighted by atomic mass is 10.1. The standard InChI is InChI=1S/C12H17BrN2OS/c13-10-4-7-17-11(10)8-14-9-12(16)15-5-2-1-3-6-15/h4,7,14H,1-3,5-6,8-9H2. The van der Waals surface area contributed by atoms with E-state index in [9.17, 15) is 4.79 Å². The van der Waals surface area contributed by atoms with E-state index in [1.165, 1.54) is 11.3 Å². The van der Waals surface area contributed by atoms with Gasteiger partial charge in [-0.2, -0.15) is 0 Å². The molecule has 2 heterocycles. The molecule has 0 aliphatic carbocycles. The van der Waals surface area contributed by atoms with Crippen LogP contribution in [-0.2, 0) is 11.3 Å². The topological polar surface area (TPSA) is 32.3 Å². The Kier molecular flexibility index (Phi) is 5.00. The zero-order valence-corrected chi connectivity index (χ0v) is 12.1. The van der Waals surface area contributed by atoms with Gasteiger partial charge in [-0.25, -0.2) is 0 Å². The Balaban J connectivity index is 1.71. The number of hydrogen-bond acceptors (Lipinski definition) is 3. The van der Waals surface area contributed by atoms with E-state index in [0.717, 1.165) is 36.9 Å². The minimum Gasteiger partial charge on any atom is -0.342 e. The number of thiophene rings is 1. The van der Waals surface area contributed by atoms with E-state index in [4.69, 9.17) is 0 Å². The Morgan fingerprint density at radius 3 is 2.82 bits per heavy atom. The number of hydrogen-bond donors (Lipinski definition) is 1. The summed E-state index contributed by atoms with van der Waals surface area (Å²) in [6.07, 6.45) is 3.57. The van der Waals surface area contributed by atoms with Crippen LogP contribution in [0.3, 0.4) is 0 Å². The van der Waals surface area contributed by atoms with E-state index in [0.29, 0.717) is 6.54 Å². The summed E-state index contributed by atoms with van der Waals surface area (Å²) in [6, 6.07) is 2.04. The summed E-state index contributed by atoms with van der Waals surface area (Å²) in [7, 11) is 0. The van der Waals surface area contributed by atoms with Crippen molar-refractivity contribution in [3.05, 3.63) is 20.8 Å². The van der Waals surface area contributed by atoms with Gasteiger partial charge in [-0.3, -0.25) is 4.79 Å². The van der Waals surface area contributed by atoms with Crippen molar-refractivity contribution in [1.82, 2.24) is 10.2 Å². The van der Waals surface area contributed by atoms with Crippen molar-refractivity contribution < 1.29 is 4.79 Å². The first kappa shape index (κ1) is 13.1. The molecule has 0 spiro atoms. The number of piperidine rings is 1. The second-order valence-electron chi connectivity index (χ2n) is 4.24. The van der Waals surface area contributed by atoms with Crippen LogP contribution < -0.4 is 5.32 Å². The summed E-state index contributed by atoms with van der Waals surface area (Å²) < 4.78 is 1.13. The number of likely N-dealkylation sites (tertiary alicyclic amines) is 1. The molecule has 1 amide bonds. The lowest BCUT2D eigenvalue weighted by molar-refractivity contribution is -0.131. The Morgan fingerprint density at radius 2 is 2.18 bits per heavy atom. The van der Waals surface area contributed by atoms with Gasteiger partial charge in [0.15, 0.2) is 0 Å². The average Bonchev–Trinajstić information content (AvgIpc) is 2.76. The Labute approximate surface area is 114 Å². The molecule has 1 aromatic rings. The molecule has 1 aromatic heterocycles. The molecule has 0 aromatic carbocycles. The molecule has 1 N–H and O–H groups in total. The lowest BCUT2D eigenvalue weighted by Gasteiger charge is -2.26. The molecule has 0 bridgehead atoms. The molecule has 0 atom stereocenters. The Hall–Kier alpha value is -0.390. The van der Waals surface area contributed by atoms with Gasteiger partial charge < -0.3 is 10.2 Å². The van der Waals surface area contributed by atoms with Gasteiger partial charge in [-0.15, -0.1) is 11.3 Å². The van der Waals surface area contributed by atoms with E-state index in [-0.39, 0.29) is 5.91 Å². The van der Waals surface area contributed by atoms with Crippen LogP contribution in [0.1, 0.15) is 24.1 Å². The average molecular weight is 317 g/mol. The van der Waals surface area contributed by atoms with Gasteiger partial charge in [0.2, 0.25) is 5.91 Å². The molecule has 0 saturated carbocycles. The highest BCUT2D eigenvalue weighted by atomic mass is 79.9. The summed E-state index contributed by atoms with van der Waals surface area (Å²) in [5, 5.41) is 5.26. The molecule has 94 valence electrons. The van der Waals surface area contributed by atoms with Crippen LogP contribution >= 0.6 is 27.3 Å². The van der Waals surface area contributed by atoms with E-state index < -0.39 is 0 Å². The molecule has 1 aliphatic heterocycles. The van der Waals surface area contributed by atoms with Crippen molar-refractivity contribution in [1.29, 1.82) is 0 Å². The highest BCUT2D eigenvalue weighted by Crippen LogP contribution is 2.22. The van der Waals surface area contributed by atoms with Crippen LogP contribution in [-0.4, -0.2) is 30.4 Å². The minimum absolute atomic E-state index is 0.234.